The number of hydrogen-bond donors (Lipinski definition) is 3. The van der Waals surface area contributed by atoms with E-state index in [0.29, 0.717) is 22.2 Å². The number of amides is 2. The Balaban J connectivity index is 1.26. The number of alkyl halides is 3. The van der Waals surface area contributed by atoms with Crippen LogP contribution in [0, 0.1) is 6.92 Å². The summed E-state index contributed by atoms with van der Waals surface area (Å²) in [4.78, 5) is 34.7. The highest BCUT2D eigenvalue weighted by atomic mass is 32.2. The van der Waals surface area contributed by atoms with Gasteiger partial charge in [-0.3, -0.25) is 9.69 Å². The number of ether oxygens (including phenoxy) is 1. The standard InChI is InChI=1S/C31H28F3N7O4S2/c1-3-20-14-18(2)4-13-24(20)41-26(42)16-47-29(41)38-28(46)36-25(37-30(43)44)15-19-5-7-21(8-6-19)27-35-17-40(39-27)22-9-11-23(12-10-22)45-31(32,33)34/h4-14,17,25,37H,3,15-16H2,1-2H3,(H,36,46)(H,43,44)/b38-29-. The molecule has 1 unspecified atom stereocenters. The van der Waals surface area contributed by atoms with Crippen LogP contribution in [0.25, 0.3) is 17.1 Å². The average molecular weight is 684 g/mol. The van der Waals surface area contributed by atoms with Crippen LogP contribution in [0.3, 0.4) is 0 Å². The van der Waals surface area contributed by atoms with E-state index in [1.54, 1.807) is 29.2 Å². The van der Waals surface area contributed by atoms with Crippen molar-refractivity contribution in [1.82, 2.24) is 25.4 Å². The van der Waals surface area contributed by atoms with E-state index in [2.05, 4.69) is 30.4 Å². The fourth-order valence-electron chi connectivity index (χ4n) is 4.80. The van der Waals surface area contributed by atoms with E-state index in [-0.39, 0.29) is 28.9 Å². The molecule has 11 nitrogen and oxygen atoms in total. The highest BCUT2D eigenvalue weighted by Gasteiger charge is 2.32. The Morgan fingerprint density at radius 1 is 1.13 bits per heavy atom. The maximum Gasteiger partial charge on any atom is 0.573 e. The molecule has 1 aromatic heterocycles. The molecular weight excluding hydrogens is 656 g/mol. The van der Waals surface area contributed by atoms with Crippen LogP contribution in [0.2, 0.25) is 0 Å². The third-order valence-corrected chi connectivity index (χ3v) is 8.03. The first kappa shape index (κ1) is 33.4. The molecule has 0 aliphatic carbocycles. The van der Waals surface area contributed by atoms with E-state index in [1.165, 1.54) is 47.0 Å². The van der Waals surface area contributed by atoms with Crippen LogP contribution in [0.4, 0.5) is 23.7 Å². The predicted octanol–water partition coefficient (Wildman–Crippen LogP) is 5.85. The van der Waals surface area contributed by atoms with Crippen molar-refractivity contribution < 1.29 is 32.6 Å². The molecule has 1 aliphatic heterocycles. The number of aliphatic imine (C=N–C) groups is 1. The number of nitrogens with one attached hydrogen (secondary N) is 2. The van der Waals surface area contributed by atoms with Gasteiger partial charge in [-0.25, -0.2) is 14.5 Å². The van der Waals surface area contributed by atoms with E-state index < -0.39 is 18.6 Å². The summed E-state index contributed by atoms with van der Waals surface area (Å²) in [6, 6.07) is 18.1. The minimum absolute atomic E-state index is 0.0143. The van der Waals surface area contributed by atoms with Crippen LogP contribution in [-0.4, -0.2) is 60.4 Å². The van der Waals surface area contributed by atoms with Gasteiger partial charge in [0, 0.05) is 12.0 Å². The third kappa shape index (κ3) is 8.65. The normalized spacial score (nSPS) is 14.7. The first-order valence-electron chi connectivity index (χ1n) is 14.2. The zero-order valence-electron chi connectivity index (χ0n) is 25.0. The van der Waals surface area contributed by atoms with Crippen molar-refractivity contribution in [3.8, 4) is 22.8 Å². The number of thiocarbonyl (C=S) groups is 1. The molecule has 1 saturated heterocycles. The molecule has 2 heterocycles. The lowest BCUT2D eigenvalue weighted by molar-refractivity contribution is -0.274. The van der Waals surface area contributed by atoms with Crippen molar-refractivity contribution in [1.29, 1.82) is 0 Å². The number of thioether (sulfide) groups is 1. The second-order valence-electron chi connectivity index (χ2n) is 10.3. The van der Waals surface area contributed by atoms with Crippen LogP contribution < -0.4 is 20.3 Å². The Hall–Kier alpha value is -4.96. The van der Waals surface area contributed by atoms with Gasteiger partial charge >= 0.3 is 12.5 Å². The van der Waals surface area contributed by atoms with E-state index in [0.717, 1.165) is 28.8 Å². The summed E-state index contributed by atoms with van der Waals surface area (Å²) in [5.74, 6) is 0.106. The average Bonchev–Trinajstić information content (AvgIpc) is 3.64. The summed E-state index contributed by atoms with van der Waals surface area (Å²) < 4.78 is 42.6. The number of nitrogens with zero attached hydrogens (tertiary/aromatic N) is 5. The number of halogens is 3. The zero-order valence-corrected chi connectivity index (χ0v) is 26.6. The maximum absolute atomic E-state index is 12.8. The first-order chi connectivity index (χ1) is 22.4. The molecule has 0 radical (unpaired) electrons. The molecule has 1 aliphatic rings. The number of aromatic nitrogens is 3. The number of rotatable bonds is 9. The second kappa shape index (κ2) is 14.2. The van der Waals surface area contributed by atoms with Crippen molar-refractivity contribution in [2.45, 2.75) is 39.2 Å². The van der Waals surface area contributed by atoms with Crippen molar-refractivity contribution in [3.63, 3.8) is 0 Å². The molecule has 0 bridgehead atoms. The van der Waals surface area contributed by atoms with Gasteiger partial charge in [-0.05, 0) is 67.0 Å². The van der Waals surface area contributed by atoms with Gasteiger partial charge in [0.25, 0.3) is 0 Å². The van der Waals surface area contributed by atoms with E-state index >= 15 is 0 Å². The molecule has 0 saturated carbocycles. The number of anilines is 1. The number of amidine groups is 1. The molecule has 1 atom stereocenters. The lowest BCUT2D eigenvalue weighted by Crippen LogP contribution is -2.48. The number of carbonyl (C=O) groups is 2. The van der Waals surface area contributed by atoms with Crippen molar-refractivity contribution >= 4 is 51.9 Å². The van der Waals surface area contributed by atoms with Crippen LogP contribution >= 0.6 is 24.0 Å². The summed E-state index contributed by atoms with van der Waals surface area (Å²) in [6.07, 6.45) is -4.52. The van der Waals surface area contributed by atoms with Gasteiger partial charge in [0.05, 0.1) is 17.1 Å². The molecule has 2 amide bonds. The minimum Gasteiger partial charge on any atom is -0.465 e. The molecular formula is C31H28F3N7O4S2. The van der Waals surface area contributed by atoms with Crippen molar-refractivity contribution in [2.24, 2.45) is 4.99 Å². The molecule has 47 heavy (non-hydrogen) atoms. The number of carbonyl (C=O) groups excluding carboxylic acids is 1. The molecule has 16 heteroatoms. The lowest BCUT2D eigenvalue weighted by atomic mass is 10.1. The highest BCUT2D eigenvalue weighted by molar-refractivity contribution is 8.15. The van der Waals surface area contributed by atoms with Crippen molar-refractivity contribution in [3.05, 3.63) is 89.7 Å². The van der Waals surface area contributed by atoms with Crippen LogP contribution in [0.5, 0.6) is 5.75 Å². The van der Waals surface area contributed by atoms with Crippen molar-refractivity contribution in [2.75, 3.05) is 10.7 Å². The van der Waals surface area contributed by atoms with Crippen LogP contribution in [0.15, 0.2) is 78.0 Å². The fraction of sp³-hybridized carbons (Fsp3) is 0.226. The largest absolute Gasteiger partial charge is 0.573 e. The summed E-state index contributed by atoms with van der Waals surface area (Å²) in [6.45, 7) is 3.99. The molecule has 244 valence electrons. The van der Waals surface area contributed by atoms with Crippen LogP contribution in [-0.2, 0) is 17.6 Å². The van der Waals surface area contributed by atoms with E-state index in [9.17, 15) is 27.9 Å². The molecule has 1 fully saturated rings. The molecule has 3 aromatic carbocycles. The Morgan fingerprint density at radius 3 is 2.51 bits per heavy atom. The third-order valence-electron chi connectivity index (χ3n) is 6.89. The lowest BCUT2D eigenvalue weighted by Gasteiger charge is -2.22. The molecule has 0 spiro atoms. The topological polar surface area (TPSA) is 134 Å². The van der Waals surface area contributed by atoms with Gasteiger partial charge in [-0.2, -0.15) is 4.99 Å². The monoisotopic (exact) mass is 683 g/mol. The van der Waals surface area contributed by atoms with Crippen LogP contribution in [0.1, 0.15) is 23.6 Å². The Morgan fingerprint density at radius 2 is 1.85 bits per heavy atom. The Kier molecular flexibility index (Phi) is 10.1. The number of benzene rings is 3. The van der Waals surface area contributed by atoms with Gasteiger partial charge in [0.15, 0.2) is 16.1 Å². The van der Waals surface area contributed by atoms with Gasteiger partial charge < -0.3 is 20.5 Å². The molecule has 5 rings (SSSR count). The SMILES string of the molecule is CCc1cc(C)ccc1N1C(=O)CS/C1=N\C(=S)NC(Cc1ccc(-c2ncn(-c3ccc(OC(F)(F)F)cc3)n2)cc1)NC(=O)O. The smallest absolute Gasteiger partial charge is 0.465 e. The quantitative estimate of drug-likeness (QED) is 0.147. The van der Waals surface area contributed by atoms with Gasteiger partial charge in [-0.15, -0.1) is 18.3 Å². The number of aryl methyl sites for hydroxylation is 2. The number of carboxylic acid groups (broad SMARTS) is 1. The van der Waals surface area contributed by atoms with Gasteiger partial charge in [0.1, 0.15) is 18.2 Å². The zero-order chi connectivity index (χ0) is 33.7. The first-order valence-corrected chi connectivity index (χ1v) is 15.6. The highest BCUT2D eigenvalue weighted by Crippen LogP contribution is 2.31. The summed E-state index contributed by atoms with van der Waals surface area (Å²) in [5, 5.41) is 19.6. The molecule has 3 N–H and O–H groups in total. The summed E-state index contributed by atoms with van der Waals surface area (Å²) in [7, 11) is 0. The van der Waals surface area contributed by atoms with Gasteiger partial charge in [-0.1, -0.05) is 60.6 Å². The Labute approximate surface area is 276 Å². The summed E-state index contributed by atoms with van der Waals surface area (Å²) >= 11 is 6.71. The summed E-state index contributed by atoms with van der Waals surface area (Å²) in [5.41, 5.74) is 4.72. The van der Waals surface area contributed by atoms with E-state index in [4.69, 9.17) is 12.2 Å². The number of hydrogen-bond acceptors (Lipinski definition) is 7. The fourth-order valence-corrected chi connectivity index (χ4v) is 5.95. The second-order valence-corrected chi connectivity index (χ2v) is 11.6. The van der Waals surface area contributed by atoms with Gasteiger partial charge in [0.2, 0.25) is 5.91 Å². The predicted molar refractivity (Wildman–Crippen MR) is 176 cm³/mol. The molecule has 4 aromatic rings. The Bertz CT molecular complexity index is 1810. The maximum atomic E-state index is 12.8. The van der Waals surface area contributed by atoms with E-state index in [1.807, 2.05) is 32.0 Å². The minimum atomic E-state index is -4.78.